The average molecular weight is 314 g/mol. The summed E-state index contributed by atoms with van der Waals surface area (Å²) >= 11 is 1.35. The van der Waals surface area contributed by atoms with E-state index in [0.717, 1.165) is 10.6 Å². The predicted octanol–water partition coefficient (Wildman–Crippen LogP) is 3.45. The molecule has 1 aromatic heterocycles. The van der Waals surface area contributed by atoms with E-state index >= 15 is 0 Å². The Morgan fingerprint density at radius 1 is 1.43 bits per heavy atom. The van der Waals surface area contributed by atoms with Gasteiger partial charge in [-0.05, 0) is 40.5 Å². The fourth-order valence-corrected chi connectivity index (χ4v) is 2.54. The van der Waals surface area contributed by atoms with Crippen LogP contribution in [0.25, 0.3) is 0 Å². The molecule has 0 aliphatic heterocycles. The van der Waals surface area contributed by atoms with E-state index in [2.05, 4.69) is 10.3 Å². The van der Waals surface area contributed by atoms with Crippen LogP contribution in [0.5, 0.6) is 0 Å². The maximum Gasteiger partial charge on any atom is 0.413 e. The summed E-state index contributed by atoms with van der Waals surface area (Å²) in [5, 5.41) is 11.9. The number of rotatable bonds is 5. The van der Waals surface area contributed by atoms with Crippen LogP contribution >= 0.6 is 11.3 Å². The van der Waals surface area contributed by atoms with Gasteiger partial charge in [-0.2, -0.15) is 0 Å². The summed E-state index contributed by atoms with van der Waals surface area (Å²) < 4.78 is 5.16. The molecule has 1 aromatic rings. The van der Waals surface area contributed by atoms with Crippen molar-refractivity contribution in [2.24, 2.45) is 5.92 Å². The Hall–Kier alpha value is -1.63. The van der Waals surface area contributed by atoms with Crippen LogP contribution in [0.4, 0.5) is 9.93 Å². The monoisotopic (exact) mass is 314 g/mol. The van der Waals surface area contributed by atoms with Crippen molar-refractivity contribution in [1.82, 2.24) is 4.98 Å². The van der Waals surface area contributed by atoms with Crippen LogP contribution < -0.4 is 5.32 Å². The number of carbonyl (C=O) groups excluding carboxylic acids is 1. The van der Waals surface area contributed by atoms with E-state index in [1.165, 1.54) is 11.3 Å². The van der Waals surface area contributed by atoms with Crippen LogP contribution in [0.2, 0.25) is 0 Å². The van der Waals surface area contributed by atoms with Crippen molar-refractivity contribution in [2.75, 3.05) is 5.32 Å². The number of carboxylic acid groups (broad SMARTS) is 1. The van der Waals surface area contributed by atoms with Gasteiger partial charge in [-0.1, -0.05) is 6.92 Å². The molecule has 0 fully saturated rings. The third-order valence-electron chi connectivity index (χ3n) is 2.73. The molecule has 118 valence electrons. The molecule has 1 unspecified atom stereocenters. The van der Waals surface area contributed by atoms with Gasteiger partial charge in [-0.3, -0.25) is 10.1 Å². The molecule has 1 heterocycles. The van der Waals surface area contributed by atoms with Crippen LogP contribution in [-0.4, -0.2) is 27.8 Å². The zero-order valence-electron chi connectivity index (χ0n) is 13.0. The molecular weight excluding hydrogens is 292 g/mol. The first-order valence-electron chi connectivity index (χ1n) is 6.77. The SMILES string of the molecule is Cc1nc(NC(=O)OC(C)(C)C)sc1CCC(C)C(=O)O. The van der Waals surface area contributed by atoms with Crippen molar-refractivity contribution in [2.45, 2.75) is 53.1 Å². The number of carbonyl (C=O) groups is 2. The maximum atomic E-state index is 11.7. The smallest absolute Gasteiger partial charge is 0.413 e. The first kappa shape index (κ1) is 17.4. The van der Waals surface area contributed by atoms with Crippen LogP contribution in [-0.2, 0) is 16.0 Å². The number of anilines is 1. The molecule has 2 N–H and O–H groups in total. The minimum absolute atomic E-state index is 0.395. The van der Waals surface area contributed by atoms with Gasteiger partial charge in [0.15, 0.2) is 5.13 Å². The van der Waals surface area contributed by atoms with Crippen LogP contribution in [0.3, 0.4) is 0 Å². The number of nitrogens with zero attached hydrogens (tertiary/aromatic N) is 1. The van der Waals surface area contributed by atoms with Crippen molar-refractivity contribution >= 4 is 28.5 Å². The minimum atomic E-state index is -0.802. The molecule has 1 amide bonds. The normalized spacial score (nSPS) is 12.8. The topological polar surface area (TPSA) is 88.5 Å². The summed E-state index contributed by atoms with van der Waals surface area (Å²) in [6, 6.07) is 0. The molecule has 21 heavy (non-hydrogen) atoms. The standard InChI is InChI=1S/C14H22N2O4S/c1-8(11(17)18)6-7-10-9(2)15-12(21-10)16-13(19)20-14(3,4)5/h8H,6-7H2,1-5H3,(H,17,18)(H,15,16,19). The van der Waals surface area contributed by atoms with Gasteiger partial charge in [-0.25, -0.2) is 9.78 Å². The van der Waals surface area contributed by atoms with Crippen molar-refractivity contribution in [3.63, 3.8) is 0 Å². The van der Waals surface area contributed by atoms with E-state index in [4.69, 9.17) is 9.84 Å². The number of hydrogen-bond donors (Lipinski definition) is 2. The zero-order valence-corrected chi connectivity index (χ0v) is 13.8. The number of hydrogen-bond acceptors (Lipinski definition) is 5. The van der Waals surface area contributed by atoms with E-state index in [0.29, 0.717) is 18.0 Å². The predicted molar refractivity (Wildman–Crippen MR) is 81.8 cm³/mol. The summed E-state index contributed by atoms with van der Waals surface area (Å²) in [6.45, 7) is 8.89. The molecule has 1 rings (SSSR count). The molecular formula is C14H22N2O4S. The maximum absolute atomic E-state index is 11.7. The van der Waals surface area contributed by atoms with E-state index in [9.17, 15) is 9.59 Å². The van der Waals surface area contributed by atoms with Crippen LogP contribution in [0.15, 0.2) is 0 Å². The molecule has 0 spiro atoms. The first-order chi connectivity index (χ1) is 9.58. The third-order valence-corrected chi connectivity index (χ3v) is 3.86. The second kappa shape index (κ2) is 6.89. The van der Waals surface area contributed by atoms with Gasteiger partial charge in [0, 0.05) is 4.88 Å². The Bertz CT molecular complexity index is 520. The molecule has 0 aliphatic carbocycles. The third kappa shape index (κ3) is 6.12. The summed E-state index contributed by atoms with van der Waals surface area (Å²) in [4.78, 5) is 27.7. The summed E-state index contributed by atoms with van der Waals surface area (Å²) in [5.74, 6) is -1.20. The number of aliphatic carboxylic acids is 1. The van der Waals surface area contributed by atoms with Crippen molar-refractivity contribution < 1.29 is 19.4 Å². The van der Waals surface area contributed by atoms with Crippen molar-refractivity contribution in [3.8, 4) is 0 Å². The van der Waals surface area contributed by atoms with Gasteiger partial charge in [-0.15, -0.1) is 11.3 Å². The lowest BCUT2D eigenvalue weighted by molar-refractivity contribution is -0.141. The lowest BCUT2D eigenvalue weighted by Gasteiger charge is -2.18. The molecule has 0 radical (unpaired) electrons. The second-order valence-corrected chi connectivity index (χ2v) is 7.02. The number of nitrogens with one attached hydrogen (secondary N) is 1. The summed E-state index contributed by atoms with van der Waals surface area (Å²) in [5.41, 5.74) is 0.250. The summed E-state index contributed by atoms with van der Waals surface area (Å²) in [6.07, 6.45) is 0.638. The Balaban J connectivity index is 2.61. The Labute approximate surface area is 128 Å². The largest absolute Gasteiger partial charge is 0.481 e. The highest BCUT2D eigenvalue weighted by Crippen LogP contribution is 2.25. The number of aromatic nitrogens is 1. The molecule has 0 saturated carbocycles. The highest BCUT2D eigenvalue weighted by molar-refractivity contribution is 7.15. The molecule has 6 nitrogen and oxygen atoms in total. The second-order valence-electron chi connectivity index (χ2n) is 5.93. The fourth-order valence-electron chi connectivity index (χ4n) is 1.58. The quantitative estimate of drug-likeness (QED) is 0.869. The summed E-state index contributed by atoms with van der Waals surface area (Å²) in [7, 11) is 0. The van der Waals surface area contributed by atoms with Crippen molar-refractivity contribution in [1.29, 1.82) is 0 Å². The minimum Gasteiger partial charge on any atom is -0.481 e. The Kier molecular flexibility index (Phi) is 5.71. The molecule has 0 saturated heterocycles. The zero-order chi connectivity index (χ0) is 16.2. The Morgan fingerprint density at radius 3 is 2.57 bits per heavy atom. The van der Waals surface area contributed by atoms with Gasteiger partial charge >= 0.3 is 12.1 Å². The molecule has 0 bridgehead atoms. The van der Waals surface area contributed by atoms with Gasteiger partial charge in [0.25, 0.3) is 0 Å². The molecule has 0 aromatic carbocycles. The molecule has 0 aliphatic rings. The lowest BCUT2D eigenvalue weighted by Crippen LogP contribution is -2.27. The number of ether oxygens (including phenoxy) is 1. The van der Waals surface area contributed by atoms with Crippen LogP contribution in [0.1, 0.15) is 44.7 Å². The van der Waals surface area contributed by atoms with Gasteiger partial charge in [0.05, 0.1) is 11.6 Å². The van der Waals surface area contributed by atoms with Crippen molar-refractivity contribution in [3.05, 3.63) is 10.6 Å². The number of amides is 1. The number of thiazole rings is 1. The Morgan fingerprint density at radius 2 is 2.05 bits per heavy atom. The number of carboxylic acids is 1. The molecule has 7 heteroatoms. The number of aryl methyl sites for hydroxylation is 2. The van der Waals surface area contributed by atoms with E-state index in [1.807, 2.05) is 6.92 Å². The van der Waals surface area contributed by atoms with E-state index in [1.54, 1.807) is 27.7 Å². The van der Waals surface area contributed by atoms with E-state index in [-0.39, 0.29) is 0 Å². The van der Waals surface area contributed by atoms with Gasteiger partial charge in [0.2, 0.25) is 0 Å². The fraction of sp³-hybridized carbons (Fsp3) is 0.643. The first-order valence-corrected chi connectivity index (χ1v) is 7.59. The van der Waals surface area contributed by atoms with Crippen LogP contribution in [0, 0.1) is 12.8 Å². The van der Waals surface area contributed by atoms with Gasteiger partial charge < -0.3 is 9.84 Å². The average Bonchev–Trinajstić information content (AvgIpc) is 2.63. The molecule has 1 atom stereocenters. The highest BCUT2D eigenvalue weighted by atomic mass is 32.1. The van der Waals surface area contributed by atoms with E-state index < -0.39 is 23.6 Å². The lowest BCUT2D eigenvalue weighted by atomic mass is 10.1. The highest BCUT2D eigenvalue weighted by Gasteiger charge is 2.18. The van der Waals surface area contributed by atoms with Gasteiger partial charge in [0.1, 0.15) is 5.60 Å².